The SMILES string of the molecule is CCCOCC(NN)C1(OC)CCC1. The molecule has 1 aliphatic rings. The van der Waals surface area contributed by atoms with Gasteiger partial charge in [-0.15, -0.1) is 0 Å². The number of hydrogen-bond acceptors (Lipinski definition) is 4. The second-order valence-electron chi connectivity index (χ2n) is 3.92. The number of nitrogens with two attached hydrogens (primary N) is 1. The van der Waals surface area contributed by atoms with Crippen LogP contribution in [0.5, 0.6) is 0 Å². The fourth-order valence-corrected chi connectivity index (χ4v) is 1.92. The Hall–Kier alpha value is -0.160. The van der Waals surface area contributed by atoms with Crippen molar-refractivity contribution >= 4 is 0 Å². The van der Waals surface area contributed by atoms with Crippen LogP contribution >= 0.6 is 0 Å². The van der Waals surface area contributed by atoms with Crippen LogP contribution in [0, 0.1) is 0 Å². The van der Waals surface area contributed by atoms with Crippen molar-refractivity contribution in [3.05, 3.63) is 0 Å². The van der Waals surface area contributed by atoms with Gasteiger partial charge in [0.05, 0.1) is 18.2 Å². The first-order valence-corrected chi connectivity index (χ1v) is 5.38. The van der Waals surface area contributed by atoms with Crippen molar-refractivity contribution < 1.29 is 9.47 Å². The first kappa shape index (κ1) is 11.9. The molecule has 0 aromatic rings. The van der Waals surface area contributed by atoms with Gasteiger partial charge >= 0.3 is 0 Å². The van der Waals surface area contributed by atoms with Gasteiger partial charge in [0.2, 0.25) is 0 Å². The minimum atomic E-state index is -0.0809. The number of ether oxygens (including phenoxy) is 2. The van der Waals surface area contributed by atoms with E-state index in [1.54, 1.807) is 7.11 Å². The van der Waals surface area contributed by atoms with E-state index >= 15 is 0 Å². The lowest BCUT2D eigenvalue weighted by Crippen LogP contribution is -2.60. The third-order valence-corrected chi connectivity index (χ3v) is 3.08. The second-order valence-corrected chi connectivity index (χ2v) is 3.92. The Balaban J connectivity index is 2.35. The van der Waals surface area contributed by atoms with Crippen molar-refractivity contribution in [2.45, 2.75) is 44.2 Å². The number of rotatable bonds is 7. The average molecular weight is 202 g/mol. The third kappa shape index (κ3) is 2.45. The van der Waals surface area contributed by atoms with Crippen LogP contribution in [0.25, 0.3) is 0 Å². The fourth-order valence-electron chi connectivity index (χ4n) is 1.92. The highest BCUT2D eigenvalue weighted by atomic mass is 16.5. The summed E-state index contributed by atoms with van der Waals surface area (Å²) in [6, 6.07) is 0.118. The molecule has 0 aliphatic heterocycles. The van der Waals surface area contributed by atoms with Gasteiger partial charge in [0.15, 0.2) is 0 Å². The first-order valence-electron chi connectivity index (χ1n) is 5.38. The molecule has 4 heteroatoms. The molecule has 0 aromatic heterocycles. The fraction of sp³-hybridized carbons (Fsp3) is 1.00. The summed E-state index contributed by atoms with van der Waals surface area (Å²) >= 11 is 0. The minimum absolute atomic E-state index is 0.0809. The van der Waals surface area contributed by atoms with E-state index in [-0.39, 0.29) is 11.6 Å². The average Bonchev–Trinajstić information content (AvgIpc) is 2.14. The van der Waals surface area contributed by atoms with Crippen molar-refractivity contribution in [2.24, 2.45) is 5.84 Å². The highest BCUT2D eigenvalue weighted by Crippen LogP contribution is 2.37. The smallest absolute Gasteiger partial charge is 0.0866 e. The predicted molar refractivity (Wildman–Crippen MR) is 55.8 cm³/mol. The van der Waals surface area contributed by atoms with Crippen LogP contribution in [0.2, 0.25) is 0 Å². The number of hydrogen-bond donors (Lipinski definition) is 2. The van der Waals surface area contributed by atoms with Gasteiger partial charge in [-0.05, 0) is 25.7 Å². The highest BCUT2D eigenvalue weighted by Gasteiger charge is 2.44. The van der Waals surface area contributed by atoms with E-state index in [1.807, 2.05) is 0 Å². The summed E-state index contributed by atoms with van der Waals surface area (Å²) in [4.78, 5) is 0. The Bertz CT molecular complexity index is 155. The van der Waals surface area contributed by atoms with E-state index in [0.29, 0.717) is 6.61 Å². The second kappa shape index (κ2) is 5.66. The maximum Gasteiger partial charge on any atom is 0.0866 e. The molecule has 0 heterocycles. The lowest BCUT2D eigenvalue weighted by molar-refractivity contribution is -0.114. The van der Waals surface area contributed by atoms with E-state index in [0.717, 1.165) is 25.9 Å². The van der Waals surface area contributed by atoms with E-state index in [1.165, 1.54) is 6.42 Å². The molecule has 84 valence electrons. The molecule has 0 saturated heterocycles. The third-order valence-electron chi connectivity index (χ3n) is 3.08. The van der Waals surface area contributed by atoms with Crippen molar-refractivity contribution in [1.29, 1.82) is 0 Å². The van der Waals surface area contributed by atoms with Gasteiger partial charge in [-0.25, -0.2) is 0 Å². The maximum absolute atomic E-state index is 5.53. The molecule has 1 fully saturated rings. The molecular formula is C10H22N2O2. The van der Waals surface area contributed by atoms with Gasteiger partial charge in [0, 0.05) is 13.7 Å². The minimum Gasteiger partial charge on any atom is -0.380 e. The molecule has 0 amide bonds. The van der Waals surface area contributed by atoms with E-state index in [4.69, 9.17) is 15.3 Å². The van der Waals surface area contributed by atoms with Crippen LogP contribution in [-0.4, -0.2) is 32.0 Å². The molecule has 1 unspecified atom stereocenters. The van der Waals surface area contributed by atoms with Crippen LogP contribution in [0.1, 0.15) is 32.6 Å². The summed E-state index contributed by atoms with van der Waals surface area (Å²) < 4.78 is 11.0. The zero-order valence-electron chi connectivity index (χ0n) is 9.21. The molecule has 0 radical (unpaired) electrons. The molecule has 0 spiro atoms. The van der Waals surface area contributed by atoms with Crippen LogP contribution < -0.4 is 11.3 Å². The van der Waals surface area contributed by atoms with E-state index in [9.17, 15) is 0 Å². The van der Waals surface area contributed by atoms with Crippen LogP contribution in [0.4, 0.5) is 0 Å². The van der Waals surface area contributed by atoms with E-state index in [2.05, 4.69) is 12.3 Å². The molecule has 0 aromatic carbocycles. The quantitative estimate of drug-likeness (QED) is 0.364. The van der Waals surface area contributed by atoms with Gasteiger partial charge in [-0.2, -0.15) is 0 Å². The topological polar surface area (TPSA) is 56.5 Å². The summed E-state index contributed by atoms with van der Waals surface area (Å²) in [6.45, 7) is 3.52. The largest absolute Gasteiger partial charge is 0.380 e. The molecular weight excluding hydrogens is 180 g/mol. The number of methoxy groups -OCH3 is 1. The Morgan fingerprint density at radius 1 is 1.50 bits per heavy atom. The summed E-state index contributed by atoms with van der Waals surface area (Å²) in [5, 5.41) is 0. The van der Waals surface area contributed by atoms with Gasteiger partial charge in [-0.1, -0.05) is 6.92 Å². The summed E-state index contributed by atoms with van der Waals surface area (Å²) in [5.41, 5.74) is 2.72. The van der Waals surface area contributed by atoms with E-state index < -0.39 is 0 Å². The molecule has 14 heavy (non-hydrogen) atoms. The van der Waals surface area contributed by atoms with Crippen LogP contribution in [0.3, 0.4) is 0 Å². The summed E-state index contributed by atoms with van der Waals surface area (Å²) in [6.07, 6.45) is 4.42. The molecule has 1 rings (SSSR count). The Morgan fingerprint density at radius 2 is 2.21 bits per heavy atom. The molecule has 1 atom stereocenters. The zero-order chi connectivity index (χ0) is 10.4. The van der Waals surface area contributed by atoms with Gasteiger partial charge in [0.1, 0.15) is 0 Å². The number of nitrogens with one attached hydrogen (secondary N) is 1. The van der Waals surface area contributed by atoms with Crippen molar-refractivity contribution in [2.75, 3.05) is 20.3 Å². The molecule has 1 saturated carbocycles. The van der Waals surface area contributed by atoms with Crippen molar-refractivity contribution in [3.63, 3.8) is 0 Å². The monoisotopic (exact) mass is 202 g/mol. The number of hydrazine groups is 1. The van der Waals surface area contributed by atoms with Gasteiger partial charge in [-0.3, -0.25) is 11.3 Å². The van der Waals surface area contributed by atoms with Crippen molar-refractivity contribution in [3.8, 4) is 0 Å². The van der Waals surface area contributed by atoms with Crippen molar-refractivity contribution in [1.82, 2.24) is 5.43 Å². The maximum atomic E-state index is 5.53. The molecule has 1 aliphatic carbocycles. The van der Waals surface area contributed by atoms with Crippen LogP contribution in [-0.2, 0) is 9.47 Å². The highest BCUT2D eigenvalue weighted by molar-refractivity contribution is 4.98. The molecule has 0 bridgehead atoms. The Morgan fingerprint density at radius 3 is 2.57 bits per heavy atom. The van der Waals surface area contributed by atoms with Gasteiger partial charge in [0.25, 0.3) is 0 Å². The zero-order valence-corrected chi connectivity index (χ0v) is 9.21. The lowest BCUT2D eigenvalue weighted by Gasteiger charge is -2.45. The Labute approximate surface area is 86.1 Å². The first-order chi connectivity index (χ1) is 6.79. The van der Waals surface area contributed by atoms with Gasteiger partial charge < -0.3 is 9.47 Å². The Kier molecular flexibility index (Phi) is 4.81. The van der Waals surface area contributed by atoms with Crippen LogP contribution in [0.15, 0.2) is 0 Å². The summed E-state index contributed by atoms with van der Waals surface area (Å²) in [5.74, 6) is 5.52. The lowest BCUT2D eigenvalue weighted by atomic mass is 9.75. The molecule has 4 nitrogen and oxygen atoms in total. The molecule has 3 N–H and O–H groups in total. The predicted octanol–water partition coefficient (Wildman–Crippen LogP) is 0.814. The summed E-state index contributed by atoms with van der Waals surface area (Å²) in [7, 11) is 1.75. The standard InChI is InChI=1S/C10H22N2O2/c1-3-7-14-8-9(12-11)10(13-2)5-4-6-10/h9,12H,3-8,11H2,1-2H3. The normalized spacial score (nSPS) is 21.6.